The molecule has 150 valence electrons. The van der Waals surface area contributed by atoms with Gasteiger partial charge in [0.1, 0.15) is 11.6 Å². The molecule has 0 spiro atoms. The van der Waals surface area contributed by atoms with Crippen LogP contribution in [-0.4, -0.2) is 29.0 Å². The van der Waals surface area contributed by atoms with Gasteiger partial charge in [-0.25, -0.2) is 8.78 Å². The lowest BCUT2D eigenvalue weighted by atomic mass is 9.90. The molecule has 3 nitrogen and oxygen atoms in total. The summed E-state index contributed by atoms with van der Waals surface area (Å²) in [5.41, 5.74) is 4.59. The van der Waals surface area contributed by atoms with Gasteiger partial charge in [0.05, 0.1) is 0 Å². The second kappa shape index (κ2) is 9.25. The average Bonchev–Trinajstić information content (AvgIpc) is 2.74. The van der Waals surface area contributed by atoms with Crippen molar-refractivity contribution in [1.29, 1.82) is 0 Å². The van der Waals surface area contributed by atoms with E-state index in [-0.39, 0.29) is 17.7 Å². The predicted molar refractivity (Wildman–Crippen MR) is 110 cm³/mol. The summed E-state index contributed by atoms with van der Waals surface area (Å²) in [5, 5.41) is 3.49. The summed E-state index contributed by atoms with van der Waals surface area (Å²) in [5.74, 6) is -0.404. The summed E-state index contributed by atoms with van der Waals surface area (Å²) in [6, 6.07) is 16.1. The first-order chi connectivity index (χ1) is 14.2. The zero-order chi connectivity index (χ0) is 20.1. The normalized spacial score (nSPS) is 16.6. The molecule has 1 atom stereocenters. The zero-order valence-corrected chi connectivity index (χ0v) is 16.3. The number of rotatable bonds is 7. The van der Waals surface area contributed by atoms with E-state index in [9.17, 15) is 8.78 Å². The van der Waals surface area contributed by atoms with Crippen LogP contribution >= 0.6 is 0 Å². The lowest BCUT2D eigenvalue weighted by molar-refractivity contribution is 0.170. The monoisotopic (exact) mass is 393 g/mol. The number of benzene rings is 2. The summed E-state index contributed by atoms with van der Waals surface area (Å²) >= 11 is 0. The summed E-state index contributed by atoms with van der Waals surface area (Å²) in [4.78, 5) is 6.49. The van der Waals surface area contributed by atoms with Gasteiger partial charge in [0, 0.05) is 44.6 Å². The van der Waals surface area contributed by atoms with E-state index in [1.54, 1.807) is 24.5 Å². The minimum atomic E-state index is -0.220. The van der Waals surface area contributed by atoms with E-state index in [2.05, 4.69) is 15.2 Å². The van der Waals surface area contributed by atoms with Crippen LogP contribution in [0.25, 0.3) is 0 Å². The molecule has 0 aliphatic carbocycles. The van der Waals surface area contributed by atoms with Crippen LogP contribution in [0.4, 0.5) is 8.78 Å². The van der Waals surface area contributed by atoms with E-state index in [4.69, 9.17) is 0 Å². The van der Waals surface area contributed by atoms with Gasteiger partial charge in [0.2, 0.25) is 0 Å². The molecule has 1 aliphatic heterocycles. The van der Waals surface area contributed by atoms with Crippen LogP contribution in [0.5, 0.6) is 0 Å². The fraction of sp³-hybridized carbons (Fsp3) is 0.292. The lowest BCUT2D eigenvalue weighted by Gasteiger charge is -2.37. The smallest absolute Gasteiger partial charge is 0.123 e. The van der Waals surface area contributed by atoms with Crippen molar-refractivity contribution >= 4 is 0 Å². The maximum absolute atomic E-state index is 13.7. The maximum atomic E-state index is 13.7. The van der Waals surface area contributed by atoms with E-state index >= 15 is 0 Å². The van der Waals surface area contributed by atoms with Crippen molar-refractivity contribution in [2.24, 2.45) is 0 Å². The van der Waals surface area contributed by atoms with E-state index in [1.165, 1.54) is 23.3 Å². The Hall–Kier alpha value is -2.63. The van der Waals surface area contributed by atoms with Gasteiger partial charge in [0.15, 0.2) is 0 Å². The van der Waals surface area contributed by atoms with Gasteiger partial charge in [-0.15, -0.1) is 0 Å². The third kappa shape index (κ3) is 5.25. The molecule has 2 aromatic carbocycles. The Labute approximate surface area is 170 Å². The Morgan fingerprint density at radius 3 is 2.45 bits per heavy atom. The van der Waals surface area contributed by atoms with E-state index < -0.39 is 0 Å². The van der Waals surface area contributed by atoms with Crippen LogP contribution in [0.3, 0.4) is 0 Å². The Bertz CT molecular complexity index is 929. The topological polar surface area (TPSA) is 28.2 Å². The highest BCUT2D eigenvalue weighted by atomic mass is 19.1. The standard InChI is InChI=1S/C24H25F2N3/c25-22-4-1-18(2-5-22)13-24-15-21-14-23(26)6-3-20(21)17-29(24)12-11-28-16-19-7-9-27-10-8-19/h1-10,14,24,28H,11-13,15-17H2. The lowest BCUT2D eigenvalue weighted by Crippen LogP contribution is -2.44. The van der Waals surface area contributed by atoms with Gasteiger partial charge in [-0.1, -0.05) is 18.2 Å². The molecule has 29 heavy (non-hydrogen) atoms. The minimum Gasteiger partial charge on any atom is -0.311 e. The number of fused-ring (bicyclic) bond motifs is 1. The van der Waals surface area contributed by atoms with Crippen LogP contribution < -0.4 is 5.32 Å². The van der Waals surface area contributed by atoms with E-state index in [1.807, 2.05) is 30.3 Å². The first-order valence-electron chi connectivity index (χ1n) is 10.0. The molecule has 1 aromatic heterocycles. The largest absolute Gasteiger partial charge is 0.311 e. The van der Waals surface area contributed by atoms with Crippen molar-refractivity contribution in [3.05, 3.63) is 101 Å². The fourth-order valence-corrected chi connectivity index (χ4v) is 3.98. The van der Waals surface area contributed by atoms with E-state index in [0.717, 1.165) is 50.1 Å². The van der Waals surface area contributed by atoms with Crippen molar-refractivity contribution < 1.29 is 8.78 Å². The van der Waals surface area contributed by atoms with Crippen molar-refractivity contribution in [3.63, 3.8) is 0 Å². The van der Waals surface area contributed by atoms with Crippen LogP contribution in [0.15, 0.2) is 67.0 Å². The molecule has 2 heterocycles. The molecule has 1 aliphatic rings. The Kier molecular flexibility index (Phi) is 6.27. The maximum Gasteiger partial charge on any atom is 0.123 e. The van der Waals surface area contributed by atoms with Crippen molar-refractivity contribution in [2.45, 2.75) is 32.0 Å². The number of nitrogens with one attached hydrogen (secondary N) is 1. The van der Waals surface area contributed by atoms with Gasteiger partial charge >= 0.3 is 0 Å². The first-order valence-corrected chi connectivity index (χ1v) is 10.0. The number of pyridine rings is 1. The minimum absolute atomic E-state index is 0.184. The molecule has 0 saturated carbocycles. The Balaban J connectivity index is 1.42. The van der Waals surface area contributed by atoms with Gasteiger partial charge < -0.3 is 5.32 Å². The van der Waals surface area contributed by atoms with Crippen LogP contribution in [0.2, 0.25) is 0 Å². The Morgan fingerprint density at radius 1 is 0.897 bits per heavy atom. The highest BCUT2D eigenvalue weighted by molar-refractivity contribution is 5.32. The van der Waals surface area contributed by atoms with Gasteiger partial charge in [-0.2, -0.15) is 0 Å². The molecule has 3 aromatic rings. The molecular formula is C24H25F2N3. The third-order valence-corrected chi connectivity index (χ3v) is 5.55. The predicted octanol–water partition coefficient (Wildman–Crippen LogP) is 4.12. The Morgan fingerprint density at radius 2 is 1.66 bits per heavy atom. The summed E-state index contributed by atoms with van der Waals surface area (Å²) in [6.07, 6.45) is 5.22. The van der Waals surface area contributed by atoms with Crippen molar-refractivity contribution in [2.75, 3.05) is 13.1 Å². The summed E-state index contributed by atoms with van der Waals surface area (Å²) < 4.78 is 27.0. The van der Waals surface area contributed by atoms with Crippen molar-refractivity contribution in [3.8, 4) is 0 Å². The van der Waals surface area contributed by atoms with Crippen LogP contribution in [0, 0.1) is 11.6 Å². The summed E-state index contributed by atoms with van der Waals surface area (Å²) in [7, 11) is 0. The highest BCUT2D eigenvalue weighted by Gasteiger charge is 2.26. The average molecular weight is 393 g/mol. The quantitative estimate of drug-likeness (QED) is 0.612. The zero-order valence-electron chi connectivity index (χ0n) is 16.3. The number of hydrogen-bond acceptors (Lipinski definition) is 3. The van der Waals surface area contributed by atoms with Crippen LogP contribution in [0.1, 0.15) is 22.3 Å². The van der Waals surface area contributed by atoms with E-state index in [0.29, 0.717) is 0 Å². The molecule has 0 bridgehead atoms. The number of aromatic nitrogens is 1. The number of halogens is 2. The fourth-order valence-electron chi connectivity index (χ4n) is 3.98. The molecular weight excluding hydrogens is 368 g/mol. The van der Waals surface area contributed by atoms with Crippen molar-refractivity contribution in [1.82, 2.24) is 15.2 Å². The molecule has 4 rings (SSSR count). The molecule has 0 saturated heterocycles. The van der Waals surface area contributed by atoms with Gasteiger partial charge in [-0.3, -0.25) is 9.88 Å². The first kappa shape index (κ1) is 19.7. The second-order valence-electron chi connectivity index (χ2n) is 7.60. The molecule has 0 fully saturated rings. The molecule has 1 unspecified atom stereocenters. The molecule has 1 N–H and O–H groups in total. The van der Waals surface area contributed by atoms with Gasteiger partial charge in [-0.05, 0) is 71.5 Å². The van der Waals surface area contributed by atoms with Crippen LogP contribution in [-0.2, 0) is 25.9 Å². The molecule has 5 heteroatoms. The number of hydrogen-bond donors (Lipinski definition) is 1. The van der Waals surface area contributed by atoms with Gasteiger partial charge in [0.25, 0.3) is 0 Å². The summed E-state index contributed by atoms with van der Waals surface area (Å²) in [6.45, 7) is 3.37. The highest BCUT2D eigenvalue weighted by Crippen LogP contribution is 2.26. The molecule has 0 amide bonds. The second-order valence-corrected chi connectivity index (χ2v) is 7.60. The number of nitrogens with zero attached hydrogens (tertiary/aromatic N) is 2. The SMILES string of the molecule is Fc1ccc(CC2Cc3cc(F)ccc3CN2CCNCc2ccncc2)cc1. The third-order valence-electron chi connectivity index (χ3n) is 5.55. The molecule has 0 radical (unpaired) electrons.